The summed E-state index contributed by atoms with van der Waals surface area (Å²) < 4.78 is 85.1. The number of aryl methyl sites for hydroxylation is 2. The average Bonchev–Trinajstić information content (AvgIpc) is 3.47. The van der Waals surface area contributed by atoms with E-state index < -0.39 is 57.3 Å². The molecule has 1 amide bonds. The molecule has 208 valence electrons. The molecule has 1 unspecified atom stereocenters. The summed E-state index contributed by atoms with van der Waals surface area (Å²) in [5.41, 5.74) is -2.96. The van der Waals surface area contributed by atoms with Gasteiger partial charge in [-0.3, -0.25) is 10.1 Å². The maximum Gasteiger partial charge on any atom is 0.435 e. The summed E-state index contributed by atoms with van der Waals surface area (Å²) in [5, 5.41) is 8.62. The molecule has 1 aromatic heterocycles. The van der Waals surface area contributed by atoms with Crippen LogP contribution in [0.2, 0.25) is 10.0 Å². The average molecular weight is 594 g/mol. The number of aromatic nitrogens is 3. The maximum absolute atomic E-state index is 14.2. The van der Waals surface area contributed by atoms with Crippen molar-refractivity contribution in [1.82, 2.24) is 14.8 Å². The molecule has 39 heavy (non-hydrogen) atoms. The summed E-state index contributed by atoms with van der Waals surface area (Å²) in [6, 6.07) is 5.65. The monoisotopic (exact) mass is 593 g/mol. The van der Waals surface area contributed by atoms with E-state index >= 15 is 0 Å². The number of carbonyl (C=O) groups is 1. The van der Waals surface area contributed by atoms with Gasteiger partial charge < -0.3 is 4.84 Å². The third-order valence-electron chi connectivity index (χ3n) is 6.03. The largest absolute Gasteiger partial charge is 0.435 e. The topological polar surface area (TPSA) is 81.4 Å². The molecular weight excluding hydrogens is 575 g/mol. The van der Waals surface area contributed by atoms with E-state index in [1.165, 1.54) is 25.1 Å². The Morgan fingerprint density at radius 1 is 1.15 bits per heavy atom. The zero-order valence-corrected chi connectivity index (χ0v) is 21.9. The van der Waals surface area contributed by atoms with Crippen LogP contribution in [0.3, 0.4) is 0 Å². The first kappa shape index (κ1) is 28.7. The van der Waals surface area contributed by atoms with E-state index in [0.29, 0.717) is 12.5 Å². The van der Waals surface area contributed by atoms with E-state index in [2.05, 4.69) is 20.6 Å². The molecule has 0 aliphatic carbocycles. The summed E-state index contributed by atoms with van der Waals surface area (Å²) >= 11 is 11.4. The fourth-order valence-electron chi connectivity index (χ4n) is 4.05. The number of amides is 1. The van der Waals surface area contributed by atoms with Crippen molar-refractivity contribution in [3.8, 4) is 0 Å². The van der Waals surface area contributed by atoms with Crippen molar-refractivity contribution >= 4 is 40.8 Å². The van der Waals surface area contributed by atoms with Crippen molar-refractivity contribution in [3.05, 3.63) is 74.3 Å². The maximum atomic E-state index is 14.2. The molecule has 2 heterocycles. The Labute approximate surface area is 227 Å². The van der Waals surface area contributed by atoms with Crippen LogP contribution in [-0.4, -0.2) is 32.6 Å². The second kappa shape index (κ2) is 10.0. The summed E-state index contributed by atoms with van der Waals surface area (Å²) in [7, 11) is 0. The van der Waals surface area contributed by atoms with Gasteiger partial charge in [-0.2, -0.15) is 26.9 Å². The molecule has 4 rings (SSSR count). The molecule has 1 atom stereocenters. The number of hydrogen-bond donors (Lipinski definition) is 1. The molecule has 0 spiro atoms. The van der Waals surface area contributed by atoms with E-state index in [1.807, 2.05) is 0 Å². The minimum absolute atomic E-state index is 0.0925. The van der Waals surface area contributed by atoms with Crippen molar-refractivity contribution in [3.63, 3.8) is 0 Å². The number of anilines is 1. The Hall–Kier alpha value is -3.32. The second-order valence-corrected chi connectivity index (χ2v) is 9.65. The first-order valence-corrected chi connectivity index (χ1v) is 12.0. The molecular formula is C24H19Cl2F6N5O2. The number of halogens is 8. The highest BCUT2D eigenvalue weighted by Crippen LogP contribution is 2.50. The third kappa shape index (κ3) is 5.29. The summed E-state index contributed by atoms with van der Waals surface area (Å²) in [6.45, 7) is 3.85. The van der Waals surface area contributed by atoms with Gasteiger partial charge in [0.15, 0.2) is 11.6 Å². The van der Waals surface area contributed by atoms with Crippen molar-refractivity contribution in [2.75, 3.05) is 5.32 Å². The first-order chi connectivity index (χ1) is 18.1. The highest BCUT2D eigenvalue weighted by atomic mass is 35.5. The van der Waals surface area contributed by atoms with Crippen LogP contribution in [0.1, 0.15) is 53.1 Å². The Balaban J connectivity index is 1.59. The van der Waals surface area contributed by atoms with Gasteiger partial charge in [0.05, 0.1) is 15.8 Å². The van der Waals surface area contributed by atoms with Gasteiger partial charge in [0.1, 0.15) is 0 Å². The van der Waals surface area contributed by atoms with Crippen LogP contribution in [-0.2, 0) is 22.9 Å². The van der Waals surface area contributed by atoms with Crippen LogP contribution in [0.25, 0.3) is 0 Å². The summed E-state index contributed by atoms with van der Waals surface area (Å²) in [5.74, 6) is -6.03. The fraction of sp³-hybridized carbons (Fsp3) is 0.333. The van der Waals surface area contributed by atoms with Crippen LogP contribution < -0.4 is 5.32 Å². The van der Waals surface area contributed by atoms with Gasteiger partial charge in [-0.1, -0.05) is 34.4 Å². The number of benzene rings is 2. The van der Waals surface area contributed by atoms with E-state index in [1.54, 1.807) is 6.92 Å². The number of hydrogen-bond acceptors (Lipinski definition) is 5. The smallest absolute Gasteiger partial charge is 0.374 e. The molecule has 0 fully saturated rings. The van der Waals surface area contributed by atoms with Crippen LogP contribution in [0, 0.1) is 12.7 Å². The SMILES string of the molecule is CCn1nc(NC(=O)c2ccc(C3=NOC(c4cc(Cl)c(F)c(Cl)c4)(C(F)(F)F)C3)cc2C)nc1C(C)(F)F. The Kier molecular flexibility index (Phi) is 7.36. The van der Waals surface area contributed by atoms with Gasteiger partial charge in [-0.05, 0) is 49.2 Å². The third-order valence-corrected chi connectivity index (χ3v) is 6.58. The molecule has 1 N–H and O–H groups in total. The minimum atomic E-state index is -4.99. The molecule has 1 aliphatic rings. The van der Waals surface area contributed by atoms with Crippen LogP contribution in [0.5, 0.6) is 0 Å². The number of nitrogens with zero attached hydrogens (tertiary/aromatic N) is 4. The molecule has 0 saturated carbocycles. The number of nitrogens with one attached hydrogen (secondary N) is 1. The molecule has 7 nitrogen and oxygen atoms in total. The normalized spacial score (nSPS) is 17.7. The summed E-state index contributed by atoms with van der Waals surface area (Å²) in [6.07, 6.45) is -5.77. The van der Waals surface area contributed by atoms with Crippen LogP contribution >= 0.6 is 23.2 Å². The lowest BCUT2D eigenvalue weighted by Gasteiger charge is -2.29. The predicted molar refractivity (Wildman–Crippen MR) is 131 cm³/mol. The molecule has 1 aliphatic heterocycles. The van der Waals surface area contributed by atoms with Gasteiger partial charge in [0.25, 0.3) is 11.5 Å². The van der Waals surface area contributed by atoms with Gasteiger partial charge >= 0.3 is 12.1 Å². The Bertz CT molecular complexity index is 1460. The van der Waals surface area contributed by atoms with Crippen molar-refractivity contribution in [2.24, 2.45) is 5.16 Å². The Morgan fingerprint density at radius 2 is 1.79 bits per heavy atom. The number of oxime groups is 1. The zero-order valence-electron chi connectivity index (χ0n) is 20.4. The predicted octanol–water partition coefficient (Wildman–Crippen LogP) is 7.00. The molecule has 0 bridgehead atoms. The van der Waals surface area contributed by atoms with Crippen LogP contribution in [0.4, 0.5) is 32.3 Å². The van der Waals surface area contributed by atoms with Crippen molar-refractivity contribution < 1.29 is 36.0 Å². The summed E-state index contributed by atoms with van der Waals surface area (Å²) in [4.78, 5) is 21.4. The van der Waals surface area contributed by atoms with Gasteiger partial charge in [0, 0.05) is 31.0 Å². The highest BCUT2D eigenvalue weighted by molar-refractivity contribution is 6.35. The molecule has 0 radical (unpaired) electrons. The van der Waals surface area contributed by atoms with Crippen LogP contribution in [0.15, 0.2) is 35.5 Å². The number of rotatable bonds is 6. The lowest BCUT2D eigenvalue weighted by Crippen LogP contribution is -2.42. The lowest BCUT2D eigenvalue weighted by atomic mass is 9.86. The second-order valence-electron chi connectivity index (χ2n) is 8.83. The molecule has 0 saturated heterocycles. The van der Waals surface area contributed by atoms with Gasteiger partial charge in [-0.25, -0.2) is 9.07 Å². The lowest BCUT2D eigenvalue weighted by molar-refractivity contribution is -0.275. The number of alkyl halides is 5. The zero-order chi connectivity index (χ0) is 28.9. The molecule has 2 aromatic carbocycles. The van der Waals surface area contributed by atoms with Crippen molar-refractivity contribution in [1.29, 1.82) is 0 Å². The Morgan fingerprint density at radius 3 is 2.31 bits per heavy atom. The number of carbonyl (C=O) groups excluding carboxylic acids is 1. The van der Waals surface area contributed by atoms with Crippen molar-refractivity contribution in [2.45, 2.75) is 51.4 Å². The van der Waals surface area contributed by atoms with E-state index in [-0.39, 0.29) is 29.3 Å². The minimum Gasteiger partial charge on any atom is -0.374 e. The first-order valence-electron chi connectivity index (χ1n) is 11.3. The van der Waals surface area contributed by atoms with Gasteiger partial charge in [0.2, 0.25) is 5.95 Å². The standard InChI is InChI=1S/C24H19Cl2F6N5O2/c1-4-37-20(22(3,28)29)34-21(35-37)33-19(38)14-6-5-12(7-11(14)2)17-10-23(39-36-17,24(30,31)32)13-8-15(25)18(27)16(26)9-13/h5-9H,4,10H2,1-3H3,(H,33,35,38). The van der Waals surface area contributed by atoms with Gasteiger partial charge in [-0.15, -0.1) is 5.10 Å². The highest BCUT2D eigenvalue weighted by Gasteiger charge is 2.62. The quantitative estimate of drug-likeness (QED) is 0.246. The fourth-order valence-corrected chi connectivity index (χ4v) is 4.54. The molecule has 15 heteroatoms. The molecule has 3 aromatic rings. The van der Waals surface area contributed by atoms with E-state index in [9.17, 15) is 31.1 Å². The van der Waals surface area contributed by atoms with E-state index in [4.69, 9.17) is 28.0 Å². The van der Waals surface area contributed by atoms with E-state index in [0.717, 1.165) is 16.8 Å².